The Hall–Kier alpha value is -1.47. The summed E-state index contributed by atoms with van der Waals surface area (Å²) in [6.07, 6.45) is 91.6. The number of rotatable bonds is 70. The largest absolute Gasteiger partial charge is 0.394 e. The van der Waals surface area contributed by atoms with E-state index in [0.29, 0.717) is 12.8 Å². The first kappa shape index (κ1) is 80.5. The average molecular weight is 1160 g/mol. The maximum Gasteiger partial charge on any atom is 0.249 e. The monoisotopic (exact) mass is 1150 g/mol. The molecule has 5 N–H and O–H groups in total. The highest BCUT2D eigenvalue weighted by Gasteiger charge is 2.28. The van der Waals surface area contributed by atoms with Crippen molar-refractivity contribution in [2.75, 3.05) is 6.61 Å². The summed E-state index contributed by atoms with van der Waals surface area (Å²) in [4.78, 5) is 12.7. The van der Waals surface area contributed by atoms with Crippen molar-refractivity contribution >= 4 is 5.91 Å². The summed E-state index contributed by atoms with van der Waals surface area (Å²) in [6, 6.07) is -1.00. The van der Waals surface area contributed by atoms with Crippen LogP contribution in [0.5, 0.6) is 0 Å². The predicted octanol–water partition coefficient (Wildman–Crippen LogP) is 23.4. The van der Waals surface area contributed by atoms with Gasteiger partial charge in [-0.25, -0.2) is 0 Å². The van der Waals surface area contributed by atoms with E-state index in [1.807, 2.05) is 0 Å². The molecule has 0 saturated carbocycles. The molecule has 6 heteroatoms. The van der Waals surface area contributed by atoms with Gasteiger partial charge in [-0.3, -0.25) is 4.79 Å². The van der Waals surface area contributed by atoms with Crippen LogP contribution in [-0.4, -0.2) is 57.3 Å². The highest BCUT2D eigenvalue weighted by atomic mass is 16.3. The van der Waals surface area contributed by atoms with Crippen molar-refractivity contribution in [3.63, 3.8) is 0 Å². The highest BCUT2D eigenvalue weighted by molar-refractivity contribution is 5.80. The number of aliphatic hydroxyl groups excluding tert-OH is 4. The first-order valence-electron chi connectivity index (χ1n) is 37.4. The summed E-state index contributed by atoms with van der Waals surface area (Å²) in [5.74, 6) is -0.587. The van der Waals surface area contributed by atoms with E-state index in [0.717, 1.165) is 44.9 Å². The van der Waals surface area contributed by atoms with Gasteiger partial charge in [-0.1, -0.05) is 378 Å². The van der Waals surface area contributed by atoms with Crippen LogP contribution >= 0.6 is 0 Å². The van der Waals surface area contributed by atoms with Crippen LogP contribution in [-0.2, 0) is 4.79 Å². The molecule has 0 aromatic carbocycles. The van der Waals surface area contributed by atoms with Gasteiger partial charge < -0.3 is 25.7 Å². The molecule has 0 radical (unpaired) electrons. The van der Waals surface area contributed by atoms with Crippen LogP contribution < -0.4 is 5.32 Å². The van der Waals surface area contributed by atoms with E-state index in [2.05, 4.69) is 55.6 Å². The maximum absolute atomic E-state index is 12.7. The lowest BCUT2D eigenvalue weighted by atomic mass is 10.00. The van der Waals surface area contributed by atoms with Crippen LogP contribution in [0.1, 0.15) is 412 Å². The molecule has 0 saturated heterocycles. The second-order valence-corrected chi connectivity index (χ2v) is 26.0. The molecule has 486 valence electrons. The molecule has 0 heterocycles. The number of hydrogen-bond donors (Lipinski definition) is 5. The quantitative estimate of drug-likeness (QED) is 0.0308. The lowest BCUT2D eigenvalue weighted by Crippen LogP contribution is -2.53. The van der Waals surface area contributed by atoms with Crippen LogP contribution in [0.2, 0.25) is 0 Å². The van der Waals surface area contributed by atoms with Crippen molar-refractivity contribution in [1.82, 2.24) is 5.32 Å². The number of carbonyl (C=O) groups is 1. The lowest BCUT2D eigenvalue weighted by Gasteiger charge is -2.27. The van der Waals surface area contributed by atoms with E-state index in [4.69, 9.17) is 0 Å². The number of carbonyl (C=O) groups excluding carboxylic acids is 1. The fourth-order valence-electron chi connectivity index (χ4n) is 12.0. The molecule has 0 aliphatic heterocycles. The second kappa shape index (κ2) is 70.3. The average Bonchev–Trinajstić information content (AvgIpc) is 3.48. The third kappa shape index (κ3) is 63.0. The fraction of sp³-hybridized carbons (Fsp3) is 0.908. The van der Waals surface area contributed by atoms with Gasteiger partial charge in [0.15, 0.2) is 0 Å². The summed E-state index contributed by atoms with van der Waals surface area (Å²) in [5.41, 5.74) is 0. The lowest BCUT2D eigenvalue weighted by molar-refractivity contribution is -0.132. The molecule has 0 aliphatic rings. The molecular weight excluding hydrogens is 1010 g/mol. The molecule has 0 bridgehead atoms. The minimum atomic E-state index is -1.28. The third-order valence-electron chi connectivity index (χ3n) is 17.8. The second-order valence-electron chi connectivity index (χ2n) is 26.0. The Kier molecular flexibility index (Phi) is 69.0. The van der Waals surface area contributed by atoms with Crippen molar-refractivity contribution in [3.8, 4) is 0 Å². The smallest absolute Gasteiger partial charge is 0.249 e. The van der Waals surface area contributed by atoms with Crippen molar-refractivity contribution in [2.45, 2.75) is 436 Å². The normalized spacial score (nSPS) is 13.6. The Morgan fingerprint density at radius 2 is 0.537 bits per heavy atom. The van der Waals surface area contributed by atoms with Crippen molar-refractivity contribution in [3.05, 3.63) is 36.5 Å². The number of unbranched alkanes of at least 4 members (excludes halogenated alkanes) is 55. The van der Waals surface area contributed by atoms with Crippen molar-refractivity contribution < 1.29 is 25.2 Å². The molecule has 4 atom stereocenters. The predicted molar refractivity (Wildman–Crippen MR) is 362 cm³/mol. The summed E-state index contributed by atoms with van der Waals surface area (Å²) >= 11 is 0. The Morgan fingerprint density at radius 1 is 0.305 bits per heavy atom. The molecule has 0 aromatic rings. The molecule has 6 nitrogen and oxygen atoms in total. The maximum atomic E-state index is 12.7. The molecule has 0 aromatic heterocycles. The molecule has 0 rings (SSSR count). The van der Waals surface area contributed by atoms with Crippen LogP contribution in [0.15, 0.2) is 36.5 Å². The minimum absolute atomic E-state index is 0.365. The summed E-state index contributed by atoms with van der Waals surface area (Å²) < 4.78 is 0. The first-order chi connectivity index (χ1) is 40.5. The number of allylic oxidation sites excluding steroid dienone is 6. The number of amides is 1. The van der Waals surface area contributed by atoms with Crippen LogP contribution in [0, 0.1) is 0 Å². The molecule has 82 heavy (non-hydrogen) atoms. The van der Waals surface area contributed by atoms with E-state index >= 15 is 0 Å². The van der Waals surface area contributed by atoms with E-state index in [9.17, 15) is 25.2 Å². The highest BCUT2D eigenvalue weighted by Crippen LogP contribution is 2.20. The van der Waals surface area contributed by atoms with Gasteiger partial charge in [-0.2, -0.15) is 0 Å². The van der Waals surface area contributed by atoms with Crippen LogP contribution in [0.4, 0.5) is 0 Å². The van der Waals surface area contributed by atoms with Gasteiger partial charge in [-0.05, 0) is 70.6 Å². The Morgan fingerprint density at radius 3 is 0.805 bits per heavy atom. The third-order valence-corrected chi connectivity index (χ3v) is 17.8. The Bertz CT molecular complexity index is 1300. The summed E-state index contributed by atoms with van der Waals surface area (Å²) in [7, 11) is 0. The molecule has 1 amide bonds. The van der Waals surface area contributed by atoms with Crippen LogP contribution in [0.3, 0.4) is 0 Å². The van der Waals surface area contributed by atoms with Gasteiger partial charge in [0.05, 0.1) is 18.8 Å². The Labute approximate surface area is 513 Å². The SMILES string of the molecule is CCCCCCCCCCCCCCCCC/C=C\C/C=C\CCCCCCCCCCCCCCCCCCC(O)C(=O)NC(CO)C(O)C(O)CCC/C=C/CCCCCCCCCCCCCCCCCCCCCCCCC. The molecule has 0 spiro atoms. The van der Waals surface area contributed by atoms with E-state index in [-0.39, 0.29) is 0 Å². The first-order valence-corrected chi connectivity index (χ1v) is 37.4. The molecular formula is C76H147NO5. The molecule has 4 unspecified atom stereocenters. The number of hydrogen-bond acceptors (Lipinski definition) is 5. The van der Waals surface area contributed by atoms with Gasteiger partial charge in [0.2, 0.25) is 5.91 Å². The Balaban J connectivity index is 3.55. The summed E-state index contributed by atoms with van der Waals surface area (Å²) in [6.45, 7) is 4.10. The van der Waals surface area contributed by atoms with Gasteiger partial charge in [0.1, 0.15) is 12.2 Å². The molecule has 0 fully saturated rings. The van der Waals surface area contributed by atoms with E-state index < -0.39 is 36.9 Å². The van der Waals surface area contributed by atoms with Gasteiger partial charge in [-0.15, -0.1) is 0 Å². The van der Waals surface area contributed by atoms with Crippen molar-refractivity contribution in [1.29, 1.82) is 0 Å². The zero-order chi connectivity index (χ0) is 59.4. The standard InChI is InChI=1S/C76H147NO5/c1-3-5-7-9-11-13-15-17-19-21-23-25-27-29-31-33-34-35-36-37-38-39-40-41-42-44-46-48-50-52-54-56-58-60-62-64-66-68-70-74(80)76(82)77-72(71-78)75(81)73(79)69-67-65-63-61-59-57-55-53-51-49-47-45-43-32-30-28-26-24-22-20-18-16-14-12-10-8-6-4-2/h34-35,37-38,61,63,72-75,78-81H,3-33,36,39-60,62,64-71H2,1-2H3,(H,77,82)/b35-34-,38-37-,63-61+. The van der Waals surface area contributed by atoms with Gasteiger partial charge in [0.25, 0.3) is 0 Å². The topological polar surface area (TPSA) is 110 Å². The van der Waals surface area contributed by atoms with Gasteiger partial charge in [0, 0.05) is 0 Å². The van der Waals surface area contributed by atoms with E-state index in [1.54, 1.807) is 0 Å². The summed E-state index contributed by atoms with van der Waals surface area (Å²) in [5, 5.41) is 44.2. The number of aliphatic hydroxyl groups is 4. The fourth-order valence-corrected chi connectivity index (χ4v) is 12.0. The number of nitrogens with one attached hydrogen (secondary N) is 1. The van der Waals surface area contributed by atoms with Crippen LogP contribution in [0.25, 0.3) is 0 Å². The minimum Gasteiger partial charge on any atom is -0.394 e. The molecule has 0 aliphatic carbocycles. The zero-order valence-corrected chi connectivity index (χ0v) is 55.5. The van der Waals surface area contributed by atoms with Crippen molar-refractivity contribution in [2.24, 2.45) is 0 Å². The van der Waals surface area contributed by atoms with E-state index in [1.165, 1.54) is 340 Å². The zero-order valence-electron chi connectivity index (χ0n) is 55.5. The van der Waals surface area contributed by atoms with Gasteiger partial charge >= 0.3 is 0 Å².